The quantitative estimate of drug-likeness (QED) is 0.587. The molecule has 3 atom stereocenters. The van der Waals surface area contributed by atoms with Gasteiger partial charge in [0.05, 0.1) is 0 Å². The van der Waals surface area contributed by atoms with Gasteiger partial charge in [-0.2, -0.15) is 0 Å². The Kier molecular flexibility index (Phi) is 6.98. The van der Waals surface area contributed by atoms with Crippen molar-refractivity contribution in [3.8, 4) is 11.5 Å². The van der Waals surface area contributed by atoms with Gasteiger partial charge in [-0.1, -0.05) is 0 Å². The van der Waals surface area contributed by atoms with Crippen LogP contribution < -0.4 is 4.74 Å². The minimum absolute atomic E-state index is 0.129. The smallest absolute Gasteiger partial charge is 0.349 e. The van der Waals surface area contributed by atoms with Gasteiger partial charge in [0, 0.05) is 6.61 Å². The van der Waals surface area contributed by atoms with Crippen molar-refractivity contribution in [3.05, 3.63) is 24.3 Å². The van der Waals surface area contributed by atoms with Crippen LogP contribution in [-0.2, 0) is 19.0 Å². The lowest BCUT2D eigenvalue weighted by Gasteiger charge is -2.21. The minimum Gasteiger partial charge on any atom is -0.508 e. The first kappa shape index (κ1) is 17.3. The molecule has 1 N–H and O–H groups in total. The molecule has 0 aromatic heterocycles. The third-order valence-corrected chi connectivity index (χ3v) is 2.55. The van der Waals surface area contributed by atoms with Crippen LogP contribution >= 0.6 is 0 Å². The average Bonchev–Trinajstić information content (AvgIpc) is 2.41. The topological polar surface area (TPSA) is 74.2 Å². The maximum Gasteiger partial charge on any atom is 0.349 e. The van der Waals surface area contributed by atoms with Gasteiger partial charge in [-0.3, -0.25) is 0 Å². The molecule has 0 radical (unpaired) electrons. The molecule has 0 aliphatic carbocycles. The molecule has 0 aliphatic rings. The van der Waals surface area contributed by atoms with Crippen molar-refractivity contribution >= 4 is 5.97 Å². The Morgan fingerprint density at radius 2 is 1.76 bits per heavy atom. The van der Waals surface area contributed by atoms with Gasteiger partial charge in [-0.05, 0) is 52.0 Å². The number of esters is 1. The van der Waals surface area contributed by atoms with Crippen molar-refractivity contribution in [3.63, 3.8) is 0 Å². The third kappa shape index (κ3) is 6.46. The number of carbonyl (C=O) groups is 1. The molecule has 0 saturated carbocycles. The molecule has 3 unspecified atom stereocenters. The summed E-state index contributed by atoms with van der Waals surface area (Å²) in [7, 11) is 0. The highest BCUT2D eigenvalue weighted by molar-refractivity contribution is 5.74. The van der Waals surface area contributed by atoms with Crippen molar-refractivity contribution in [1.29, 1.82) is 0 Å². The van der Waals surface area contributed by atoms with Gasteiger partial charge in [-0.25, -0.2) is 4.79 Å². The molecule has 1 aromatic rings. The van der Waals surface area contributed by atoms with E-state index in [0.29, 0.717) is 12.4 Å². The molecule has 0 fully saturated rings. The third-order valence-electron chi connectivity index (χ3n) is 2.55. The average molecular weight is 298 g/mol. The highest BCUT2D eigenvalue weighted by atomic mass is 16.8. The summed E-state index contributed by atoms with van der Waals surface area (Å²) in [5.74, 6) is 0.0530. The second-order valence-corrected chi connectivity index (χ2v) is 4.42. The first-order valence-electron chi connectivity index (χ1n) is 6.85. The van der Waals surface area contributed by atoms with Crippen LogP contribution in [0, 0.1) is 0 Å². The Labute approximate surface area is 124 Å². The van der Waals surface area contributed by atoms with Crippen molar-refractivity contribution in [2.24, 2.45) is 0 Å². The summed E-state index contributed by atoms with van der Waals surface area (Å²) in [6.45, 7) is 7.28. The fourth-order valence-corrected chi connectivity index (χ4v) is 1.61. The fraction of sp³-hybridized carbons (Fsp3) is 0.533. The van der Waals surface area contributed by atoms with Crippen LogP contribution in [0.3, 0.4) is 0 Å². The normalized spacial score (nSPS) is 15.0. The maximum atomic E-state index is 11.8. The summed E-state index contributed by atoms with van der Waals surface area (Å²) < 4.78 is 21.0. The molecular weight excluding hydrogens is 276 g/mol. The summed E-state index contributed by atoms with van der Waals surface area (Å²) in [5, 5.41) is 9.17. The Morgan fingerprint density at radius 3 is 2.33 bits per heavy atom. The van der Waals surface area contributed by atoms with E-state index in [1.807, 2.05) is 6.92 Å². The zero-order valence-corrected chi connectivity index (χ0v) is 12.7. The van der Waals surface area contributed by atoms with Gasteiger partial charge in [0.15, 0.2) is 12.4 Å². The number of benzene rings is 1. The highest BCUT2D eigenvalue weighted by Gasteiger charge is 2.20. The molecule has 1 rings (SSSR count). The van der Waals surface area contributed by atoms with E-state index >= 15 is 0 Å². The summed E-state index contributed by atoms with van der Waals surface area (Å²) in [5.41, 5.74) is 0. The predicted molar refractivity (Wildman–Crippen MR) is 75.9 cm³/mol. The van der Waals surface area contributed by atoms with E-state index in [-0.39, 0.29) is 5.75 Å². The van der Waals surface area contributed by atoms with Crippen LogP contribution in [0.4, 0.5) is 0 Å². The Balaban J connectivity index is 2.41. The Morgan fingerprint density at radius 1 is 1.14 bits per heavy atom. The maximum absolute atomic E-state index is 11.8. The van der Waals surface area contributed by atoms with Crippen molar-refractivity contribution < 1.29 is 28.8 Å². The zero-order chi connectivity index (χ0) is 15.8. The second-order valence-electron chi connectivity index (χ2n) is 4.42. The number of aromatic hydroxyl groups is 1. The van der Waals surface area contributed by atoms with E-state index in [2.05, 4.69) is 0 Å². The van der Waals surface area contributed by atoms with E-state index in [9.17, 15) is 9.90 Å². The lowest BCUT2D eigenvalue weighted by Crippen LogP contribution is -2.32. The van der Waals surface area contributed by atoms with Gasteiger partial charge in [0.1, 0.15) is 11.5 Å². The van der Waals surface area contributed by atoms with Crippen LogP contribution in [0.5, 0.6) is 11.5 Å². The van der Waals surface area contributed by atoms with E-state index in [1.165, 1.54) is 12.1 Å². The van der Waals surface area contributed by atoms with Crippen LogP contribution in [0.15, 0.2) is 24.3 Å². The fourth-order valence-electron chi connectivity index (χ4n) is 1.61. The summed E-state index contributed by atoms with van der Waals surface area (Å²) in [4.78, 5) is 11.8. The molecule has 118 valence electrons. The number of carbonyl (C=O) groups excluding carboxylic acids is 1. The van der Waals surface area contributed by atoms with Crippen LogP contribution in [0.2, 0.25) is 0 Å². The highest BCUT2D eigenvalue weighted by Crippen LogP contribution is 2.17. The van der Waals surface area contributed by atoms with Crippen LogP contribution in [-0.4, -0.2) is 36.4 Å². The molecular formula is C15H22O6. The summed E-state index contributed by atoms with van der Waals surface area (Å²) in [6.07, 6.45) is -1.97. The number of hydrogen-bond acceptors (Lipinski definition) is 6. The monoisotopic (exact) mass is 298 g/mol. The lowest BCUT2D eigenvalue weighted by molar-refractivity contribution is -0.231. The van der Waals surface area contributed by atoms with E-state index in [1.54, 1.807) is 32.9 Å². The van der Waals surface area contributed by atoms with E-state index in [4.69, 9.17) is 18.9 Å². The van der Waals surface area contributed by atoms with Gasteiger partial charge >= 0.3 is 5.97 Å². The molecule has 0 bridgehead atoms. The van der Waals surface area contributed by atoms with Crippen molar-refractivity contribution in [1.82, 2.24) is 0 Å². The number of phenolic OH excluding ortho intramolecular Hbond substituents is 1. The number of phenols is 1. The molecule has 0 saturated heterocycles. The second kappa shape index (κ2) is 8.49. The SMILES string of the molecule is CCOC(C)OC(C)OC(=O)C(C)Oc1ccc(O)cc1. The lowest BCUT2D eigenvalue weighted by atomic mass is 10.3. The summed E-state index contributed by atoms with van der Waals surface area (Å²) >= 11 is 0. The Bertz CT molecular complexity index is 430. The molecule has 6 heteroatoms. The molecule has 21 heavy (non-hydrogen) atoms. The van der Waals surface area contributed by atoms with Gasteiger partial charge < -0.3 is 24.1 Å². The number of hydrogen-bond donors (Lipinski definition) is 1. The summed E-state index contributed by atoms with van der Waals surface area (Å²) in [6, 6.07) is 6.08. The van der Waals surface area contributed by atoms with Crippen LogP contribution in [0.1, 0.15) is 27.7 Å². The molecule has 0 aliphatic heterocycles. The van der Waals surface area contributed by atoms with Gasteiger partial charge in [-0.15, -0.1) is 0 Å². The molecule has 1 aromatic carbocycles. The minimum atomic E-state index is -0.789. The standard InChI is InChI=1S/C15H22O6/c1-5-18-11(3)20-12(4)21-15(17)10(2)19-14-8-6-13(16)7-9-14/h6-12,16H,5H2,1-4H3. The number of ether oxygens (including phenoxy) is 4. The predicted octanol–water partition coefficient (Wildman–Crippen LogP) is 2.45. The molecule has 6 nitrogen and oxygen atoms in total. The largest absolute Gasteiger partial charge is 0.508 e. The van der Waals surface area contributed by atoms with Crippen molar-refractivity contribution in [2.75, 3.05) is 6.61 Å². The molecule has 0 spiro atoms. The first-order chi connectivity index (χ1) is 9.92. The van der Waals surface area contributed by atoms with Gasteiger partial charge in [0.25, 0.3) is 0 Å². The first-order valence-corrected chi connectivity index (χ1v) is 6.85. The van der Waals surface area contributed by atoms with E-state index in [0.717, 1.165) is 0 Å². The molecule has 0 heterocycles. The van der Waals surface area contributed by atoms with Crippen molar-refractivity contribution in [2.45, 2.75) is 46.4 Å². The number of rotatable bonds is 8. The molecule has 0 amide bonds. The van der Waals surface area contributed by atoms with Gasteiger partial charge in [0.2, 0.25) is 6.29 Å². The van der Waals surface area contributed by atoms with E-state index < -0.39 is 24.7 Å². The Hall–Kier alpha value is -1.79. The van der Waals surface area contributed by atoms with Crippen LogP contribution in [0.25, 0.3) is 0 Å². The zero-order valence-electron chi connectivity index (χ0n) is 12.7.